The molecule has 84 valence electrons. The topological polar surface area (TPSA) is 0 Å². The summed E-state index contributed by atoms with van der Waals surface area (Å²) in [5, 5.41) is 0. The quantitative estimate of drug-likeness (QED) is 0.531. The van der Waals surface area contributed by atoms with Crippen molar-refractivity contribution in [1.29, 1.82) is 0 Å². The molecule has 0 N–H and O–H groups in total. The van der Waals surface area contributed by atoms with Gasteiger partial charge in [-0.05, 0) is 30.1 Å². The summed E-state index contributed by atoms with van der Waals surface area (Å²) < 4.78 is 0. The van der Waals surface area contributed by atoms with Crippen molar-refractivity contribution in [2.45, 2.75) is 66.2 Å². The van der Waals surface area contributed by atoms with Crippen LogP contribution in [0, 0.1) is 23.7 Å². The predicted molar refractivity (Wildman–Crippen MR) is 64.4 cm³/mol. The summed E-state index contributed by atoms with van der Waals surface area (Å²) in [6.45, 7) is 9.58. The van der Waals surface area contributed by atoms with Gasteiger partial charge in [-0.15, -0.1) is 0 Å². The van der Waals surface area contributed by atoms with Gasteiger partial charge in [-0.2, -0.15) is 0 Å². The summed E-state index contributed by atoms with van der Waals surface area (Å²) in [6, 6.07) is 0. The summed E-state index contributed by atoms with van der Waals surface area (Å²) in [7, 11) is 0. The van der Waals surface area contributed by atoms with Crippen LogP contribution in [0.3, 0.4) is 0 Å². The average molecular weight is 196 g/mol. The van der Waals surface area contributed by atoms with Crippen molar-refractivity contribution in [3.05, 3.63) is 0 Å². The maximum absolute atomic E-state index is 2.48. The van der Waals surface area contributed by atoms with E-state index in [-0.39, 0.29) is 0 Å². The molecule has 0 aliphatic heterocycles. The van der Waals surface area contributed by atoms with Crippen LogP contribution in [0.4, 0.5) is 0 Å². The van der Waals surface area contributed by atoms with E-state index in [0.717, 1.165) is 23.7 Å². The van der Waals surface area contributed by atoms with E-state index >= 15 is 0 Å². The van der Waals surface area contributed by atoms with Crippen LogP contribution in [0.5, 0.6) is 0 Å². The van der Waals surface area contributed by atoms with Gasteiger partial charge in [0.15, 0.2) is 0 Å². The standard InChI is InChI=1S/C14H28/c1-5-7-8-9-11(3)14-10-12(4)13(14)6-2/h11-14H,5-10H2,1-4H3. The van der Waals surface area contributed by atoms with Crippen molar-refractivity contribution in [3.63, 3.8) is 0 Å². The zero-order valence-corrected chi connectivity index (χ0v) is 10.6. The molecule has 0 nitrogen and oxygen atoms in total. The van der Waals surface area contributed by atoms with Crippen molar-refractivity contribution in [3.8, 4) is 0 Å². The molecule has 1 aliphatic rings. The molecule has 1 aliphatic carbocycles. The number of hydrogen-bond acceptors (Lipinski definition) is 0. The first kappa shape index (κ1) is 12.1. The van der Waals surface area contributed by atoms with Gasteiger partial charge in [-0.1, -0.05) is 59.8 Å². The van der Waals surface area contributed by atoms with Gasteiger partial charge in [0.1, 0.15) is 0 Å². The summed E-state index contributed by atoms with van der Waals surface area (Å²) >= 11 is 0. The summed E-state index contributed by atoms with van der Waals surface area (Å²) in [5.74, 6) is 4.11. The molecule has 0 bridgehead atoms. The van der Waals surface area contributed by atoms with E-state index in [1.807, 2.05) is 0 Å². The van der Waals surface area contributed by atoms with E-state index in [2.05, 4.69) is 27.7 Å². The minimum absolute atomic E-state index is 0.989. The van der Waals surface area contributed by atoms with Gasteiger partial charge in [0.05, 0.1) is 0 Å². The van der Waals surface area contributed by atoms with Crippen LogP contribution in [-0.2, 0) is 0 Å². The molecule has 4 unspecified atom stereocenters. The number of unbranched alkanes of at least 4 members (excludes halogenated alkanes) is 2. The second kappa shape index (κ2) is 5.78. The van der Waals surface area contributed by atoms with Crippen LogP contribution in [0.1, 0.15) is 66.2 Å². The molecule has 14 heavy (non-hydrogen) atoms. The molecule has 0 spiro atoms. The highest BCUT2D eigenvalue weighted by Gasteiger charge is 2.38. The van der Waals surface area contributed by atoms with Gasteiger partial charge in [0, 0.05) is 0 Å². The molecular weight excluding hydrogens is 168 g/mol. The lowest BCUT2D eigenvalue weighted by Crippen LogP contribution is -2.38. The van der Waals surface area contributed by atoms with Crippen LogP contribution >= 0.6 is 0 Å². The van der Waals surface area contributed by atoms with E-state index in [9.17, 15) is 0 Å². The first-order chi connectivity index (χ1) is 6.70. The summed E-state index contributed by atoms with van der Waals surface area (Å²) in [4.78, 5) is 0. The normalized spacial score (nSPS) is 33.9. The molecule has 4 atom stereocenters. The fourth-order valence-electron chi connectivity index (χ4n) is 3.29. The van der Waals surface area contributed by atoms with Crippen LogP contribution in [0.2, 0.25) is 0 Å². The molecule has 0 aromatic rings. The molecule has 0 heteroatoms. The van der Waals surface area contributed by atoms with Gasteiger partial charge in [0.2, 0.25) is 0 Å². The van der Waals surface area contributed by atoms with Gasteiger partial charge < -0.3 is 0 Å². The Bertz CT molecular complexity index is 150. The van der Waals surface area contributed by atoms with Crippen molar-refractivity contribution in [1.82, 2.24) is 0 Å². The molecule has 0 radical (unpaired) electrons. The third kappa shape index (κ3) is 2.74. The Labute approximate surface area is 90.5 Å². The van der Waals surface area contributed by atoms with Crippen LogP contribution in [0.25, 0.3) is 0 Å². The van der Waals surface area contributed by atoms with Crippen molar-refractivity contribution < 1.29 is 0 Å². The Morgan fingerprint density at radius 3 is 2.43 bits per heavy atom. The molecule has 0 amide bonds. The Morgan fingerprint density at radius 2 is 1.93 bits per heavy atom. The summed E-state index contributed by atoms with van der Waals surface area (Å²) in [6.07, 6.45) is 8.64. The Balaban J connectivity index is 2.21. The van der Waals surface area contributed by atoms with E-state index in [0.29, 0.717) is 0 Å². The minimum Gasteiger partial charge on any atom is -0.0654 e. The lowest BCUT2D eigenvalue weighted by Gasteiger charge is -2.46. The fourth-order valence-corrected chi connectivity index (χ4v) is 3.29. The molecule has 1 fully saturated rings. The van der Waals surface area contributed by atoms with Crippen molar-refractivity contribution >= 4 is 0 Å². The second-order valence-corrected chi connectivity index (χ2v) is 5.42. The number of rotatable bonds is 6. The van der Waals surface area contributed by atoms with Crippen LogP contribution < -0.4 is 0 Å². The molecule has 0 heterocycles. The van der Waals surface area contributed by atoms with E-state index in [1.54, 1.807) is 0 Å². The van der Waals surface area contributed by atoms with Crippen LogP contribution in [0.15, 0.2) is 0 Å². The molecular formula is C14H28. The van der Waals surface area contributed by atoms with Crippen molar-refractivity contribution in [2.24, 2.45) is 23.7 Å². The second-order valence-electron chi connectivity index (χ2n) is 5.42. The predicted octanol–water partition coefficient (Wildman–Crippen LogP) is 4.89. The van der Waals surface area contributed by atoms with Gasteiger partial charge >= 0.3 is 0 Å². The zero-order valence-electron chi connectivity index (χ0n) is 10.6. The van der Waals surface area contributed by atoms with E-state index in [4.69, 9.17) is 0 Å². The first-order valence-electron chi connectivity index (χ1n) is 6.70. The number of hydrogen-bond donors (Lipinski definition) is 0. The smallest absolute Gasteiger partial charge is 0.0355 e. The highest BCUT2D eigenvalue weighted by Crippen LogP contribution is 2.47. The molecule has 1 rings (SSSR count). The minimum atomic E-state index is 0.989. The highest BCUT2D eigenvalue weighted by atomic mass is 14.4. The Hall–Kier alpha value is 0. The summed E-state index contributed by atoms with van der Waals surface area (Å²) in [5.41, 5.74) is 0. The van der Waals surface area contributed by atoms with Gasteiger partial charge in [-0.25, -0.2) is 0 Å². The van der Waals surface area contributed by atoms with Crippen LogP contribution in [-0.4, -0.2) is 0 Å². The molecule has 0 saturated heterocycles. The van der Waals surface area contributed by atoms with Gasteiger partial charge in [0.25, 0.3) is 0 Å². The lowest BCUT2D eigenvalue weighted by molar-refractivity contribution is 0.0335. The Kier molecular flexibility index (Phi) is 4.98. The Morgan fingerprint density at radius 1 is 1.21 bits per heavy atom. The fraction of sp³-hybridized carbons (Fsp3) is 1.00. The van der Waals surface area contributed by atoms with E-state index in [1.165, 1.54) is 38.5 Å². The molecule has 1 saturated carbocycles. The van der Waals surface area contributed by atoms with E-state index < -0.39 is 0 Å². The molecule has 0 aromatic carbocycles. The SMILES string of the molecule is CCCCCC(C)C1CC(C)C1CC. The largest absolute Gasteiger partial charge is 0.0654 e. The maximum Gasteiger partial charge on any atom is -0.0355 e. The highest BCUT2D eigenvalue weighted by molar-refractivity contribution is 4.88. The monoisotopic (exact) mass is 196 g/mol. The molecule has 0 aromatic heterocycles. The zero-order chi connectivity index (χ0) is 10.6. The third-order valence-corrected chi connectivity index (χ3v) is 4.39. The maximum atomic E-state index is 2.48. The first-order valence-corrected chi connectivity index (χ1v) is 6.70. The average Bonchev–Trinajstić information content (AvgIpc) is 2.15. The lowest BCUT2D eigenvalue weighted by atomic mass is 9.59. The third-order valence-electron chi connectivity index (χ3n) is 4.39. The van der Waals surface area contributed by atoms with Gasteiger partial charge in [-0.3, -0.25) is 0 Å². The van der Waals surface area contributed by atoms with Crippen molar-refractivity contribution in [2.75, 3.05) is 0 Å².